The molecule has 1 aliphatic carbocycles. The molecular formula is C18H17N3O2. The third kappa shape index (κ3) is 3.18. The molecular weight excluding hydrogens is 290 g/mol. The van der Waals surface area contributed by atoms with Gasteiger partial charge < -0.3 is 14.5 Å². The maximum Gasteiger partial charge on any atom is 0.251 e. The summed E-state index contributed by atoms with van der Waals surface area (Å²) >= 11 is 0. The van der Waals surface area contributed by atoms with Gasteiger partial charge in [0.25, 0.3) is 5.91 Å². The smallest absolute Gasteiger partial charge is 0.251 e. The van der Waals surface area contributed by atoms with Crippen LogP contribution >= 0.6 is 0 Å². The number of hydrogen-bond donors (Lipinski definition) is 1. The molecule has 0 aliphatic heterocycles. The molecule has 5 heteroatoms. The highest BCUT2D eigenvalue weighted by molar-refractivity contribution is 5.94. The molecule has 0 atom stereocenters. The van der Waals surface area contributed by atoms with Crippen LogP contribution in [0.1, 0.15) is 28.9 Å². The minimum Gasteiger partial charge on any atom is -0.487 e. The molecule has 23 heavy (non-hydrogen) atoms. The van der Waals surface area contributed by atoms with E-state index in [0.29, 0.717) is 18.2 Å². The highest BCUT2D eigenvalue weighted by atomic mass is 16.5. The summed E-state index contributed by atoms with van der Waals surface area (Å²) in [6.45, 7) is 0.398. The van der Waals surface area contributed by atoms with Crippen molar-refractivity contribution in [2.24, 2.45) is 0 Å². The molecule has 3 aromatic rings. The van der Waals surface area contributed by atoms with E-state index in [1.54, 1.807) is 12.1 Å². The topological polar surface area (TPSA) is 55.6 Å². The van der Waals surface area contributed by atoms with Crippen LogP contribution in [0.4, 0.5) is 0 Å². The van der Waals surface area contributed by atoms with Crippen molar-refractivity contribution in [3.05, 3.63) is 66.1 Å². The Labute approximate surface area is 133 Å². The molecule has 5 nitrogen and oxygen atoms in total. The van der Waals surface area contributed by atoms with E-state index in [0.717, 1.165) is 29.9 Å². The average molecular weight is 307 g/mol. The van der Waals surface area contributed by atoms with Gasteiger partial charge in [-0.15, -0.1) is 0 Å². The summed E-state index contributed by atoms with van der Waals surface area (Å²) < 4.78 is 7.70. The molecule has 0 radical (unpaired) electrons. The third-order valence-electron chi connectivity index (χ3n) is 3.83. The number of nitrogens with one attached hydrogen (secondary N) is 1. The Bertz CT molecular complexity index is 802. The van der Waals surface area contributed by atoms with Crippen molar-refractivity contribution in [3.8, 4) is 5.75 Å². The van der Waals surface area contributed by atoms with Gasteiger partial charge in [-0.1, -0.05) is 6.07 Å². The first-order valence-corrected chi connectivity index (χ1v) is 7.74. The lowest BCUT2D eigenvalue weighted by molar-refractivity contribution is 0.0951. The zero-order chi connectivity index (χ0) is 15.6. The lowest BCUT2D eigenvalue weighted by Crippen LogP contribution is -2.25. The molecule has 1 saturated carbocycles. The normalized spacial score (nSPS) is 13.9. The molecule has 1 N–H and O–H groups in total. The van der Waals surface area contributed by atoms with Crippen molar-refractivity contribution in [1.29, 1.82) is 0 Å². The maximum absolute atomic E-state index is 11.9. The second-order valence-electron chi connectivity index (χ2n) is 5.76. The summed E-state index contributed by atoms with van der Waals surface area (Å²) in [5, 5.41) is 2.97. The molecule has 0 unspecified atom stereocenters. The number of carbonyl (C=O) groups is 1. The van der Waals surface area contributed by atoms with Crippen LogP contribution < -0.4 is 10.1 Å². The van der Waals surface area contributed by atoms with Crippen LogP contribution in [0.5, 0.6) is 5.75 Å². The van der Waals surface area contributed by atoms with Crippen molar-refractivity contribution < 1.29 is 9.53 Å². The fraction of sp³-hybridized carbons (Fsp3) is 0.222. The first kappa shape index (κ1) is 13.8. The second-order valence-corrected chi connectivity index (χ2v) is 5.76. The van der Waals surface area contributed by atoms with Crippen molar-refractivity contribution >= 4 is 11.6 Å². The van der Waals surface area contributed by atoms with E-state index in [4.69, 9.17) is 4.74 Å². The first-order valence-electron chi connectivity index (χ1n) is 7.74. The van der Waals surface area contributed by atoms with Crippen LogP contribution in [0.2, 0.25) is 0 Å². The van der Waals surface area contributed by atoms with E-state index < -0.39 is 0 Å². The number of carbonyl (C=O) groups excluding carboxylic acids is 1. The average Bonchev–Trinajstić information content (AvgIpc) is 3.29. The molecule has 4 rings (SSSR count). The quantitative estimate of drug-likeness (QED) is 0.788. The van der Waals surface area contributed by atoms with E-state index >= 15 is 0 Å². The Kier molecular flexibility index (Phi) is 3.46. The largest absolute Gasteiger partial charge is 0.487 e. The SMILES string of the molecule is O=C(NC1CC1)c1ccc(OCc2cn3ccccc3n2)cc1. The van der Waals surface area contributed by atoms with E-state index in [1.165, 1.54) is 0 Å². The van der Waals surface area contributed by atoms with Crippen LogP contribution in [0.15, 0.2) is 54.9 Å². The number of amides is 1. The zero-order valence-corrected chi connectivity index (χ0v) is 12.6. The molecule has 116 valence electrons. The van der Waals surface area contributed by atoms with Crippen molar-refractivity contribution in [3.63, 3.8) is 0 Å². The predicted molar refractivity (Wildman–Crippen MR) is 86.5 cm³/mol. The summed E-state index contributed by atoms with van der Waals surface area (Å²) in [7, 11) is 0. The highest BCUT2D eigenvalue weighted by Gasteiger charge is 2.23. The van der Waals surface area contributed by atoms with Gasteiger partial charge in [-0.3, -0.25) is 4.79 Å². The molecule has 1 amide bonds. The van der Waals surface area contributed by atoms with E-state index in [2.05, 4.69) is 10.3 Å². The standard InChI is InChI=1S/C18H17N3O2/c22-18(20-14-6-7-14)13-4-8-16(9-5-13)23-12-15-11-21-10-2-1-3-17(21)19-15/h1-5,8-11,14H,6-7,12H2,(H,20,22). The molecule has 1 fully saturated rings. The van der Waals surface area contributed by atoms with Gasteiger partial charge in [0.1, 0.15) is 18.0 Å². The highest BCUT2D eigenvalue weighted by Crippen LogP contribution is 2.20. The Morgan fingerprint density at radius 1 is 1.22 bits per heavy atom. The molecule has 0 spiro atoms. The fourth-order valence-corrected chi connectivity index (χ4v) is 2.41. The summed E-state index contributed by atoms with van der Waals surface area (Å²) in [4.78, 5) is 16.4. The summed E-state index contributed by atoms with van der Waals surface area (Å²) in [6, 6.07) is 13.5. The lowest BCUT2D eigenvalue weighted by atomic mass is 10.2. The number of imidazole rings is 1. The van der Waals surface area contributed by atoms with Crippen molar-refractivity contribution in [2.75, 3.05) is 0 Å². The van der Waals surface area contributed by atoms with Crippen LogP contribution in [0, 0.1) is 0 Å². The maximum atomic E-state index is 11.9. The number of benzene rings is 1. The number of fused-ring (bicyclic) bond motifs is 1. The number of aromatic nitrogens is 2. The third-order valence-corrected chi connectivity index (χ3v) is 3.83. The van der Waals surface area contributed by atoms with E-state index in [1.807, 2.05) is 47.1 Å². The van der Waals surface area contributed by atoms with Crippen LogP contribution in [-0.2, 0) is 6.61 Å². The molecule has 1 aliphatic rings. The monoisotopic (exact) mass is 307 g/mol. The zero-order valence-electron chi connectivity index (χ0n) is 12.6. The number of nitrogens with zero attached hydrogens (tertiary/aromatic N) is 2. The molecule has 2 heterocycles. The number of hydrogen-bond acceptors (Lipinski definition) is 3. The van der Waals surface area contributed by atoms with Gasteiger partial charge in [-0.2, -0.15) is 0 Å². The Morgan fingerprint density at radius 2 is 2.04 bits per heavy atom. The van der Waals surface area contributed by atoms with Gasteiger partial charge in [0.2, 0.25) is 0 Å². The fourth-order valence-electron chi connectivity index (χ4n) is 2.41. The summed E-state index contributed by atoms with van der Waals surface area (Å²) in [6.07, 6.45) is 6.09. The molecule has 0 saturated heterocycles. The van der Waals surface area contributed by atoms with E-state index in [9.17, 15) is 4.79 Å². The van der Waals surface area contributed by atoms with E-state index in [-0.39, 0.29) is 5.91 Å². The summed E-state index contributed by atoms with van der Waals surface area (Å²) in [5.41, 5.74) is 2.43. The van der Waals surface area contributed by atoms with Crippen LogP contribution in [0.3, 0.4) is 0 Å². The number of ether oxygens (including phenoxy) is 1. The molecule has 0 bridgehead atoms. The van der Waals surface area contributed by atoms with Gasteiger partial charge in [0.15, 0.2) is 0 Å². The van der Waals surface area contributed by atoms with Crippen molar-refractivity contribution in [2.45, 2.75) is 25.5 Å². The lowest BCUT2D eigenvalue weighted by Gasteiger charge is -2.06. The van der Waals surface area contributed by atoms with Gasteiger partial charge in [0, 0.05) is 24.0 Å². The van der Waals surface area contributed by atoms with Gasteiger partial charge in [-0.05, 0) is 49.2 Å². The molecule has 1 aromatic carbocycles. The minimum absolute atomic E-state index is 0.0144. The van der Waals surface area contributed by atoms with Crippen LogP contribution in [-0.4, -0.2) is 21.3 Å². The summed E-state index contributed by atoms with van der Waals surface area (Å²) in [5.74, 6) is 0.712. The predicted octanol–water partition coefficient (Wildman–Crippen LogP) is 2.81. The van der Waals surface area contributed by atoms with Gasteiger partial charge in [-0.25, -0.2) is 4.98 Å². The van der Waals surface area contributed by atoms with Crippen molar-refractivity contribution in [1.82, 2.24) is 14.7 Å². The van der Waals surface area contributed by atoms with Gasteiger partial charge >= 0.3 is 0 Å². The Morgan fingerprint density at radius 3 is 2.78 bits per heavy atom. The Balaban J connectivity index is 1.39. The second kappa shape index (κ2) is 5.76. The number of pyridine rings is 1. The van der Waals surface area contributed by atoms with Gasteiger partial charge in [0.05, 0.1) is 5.69 Å². The minimum atomic E-state index is -0.0144. The first-order chi connectivity index (χ1) is 11.3. The Hall–Kier alpha value is -2.82. The molecule has 2 aromatic heterocycles. The van der Waals surface area contributed by atoms with Crippen LogP contribution in [0.25, 0.3) is 5.65 Å². The number of rotatable bonds is 5.